The van der Waals surface area contributed by atoms with Crippen LogP contribution in [0.2, 0.25) is 5.02 Å². The lowest BCUT2D eigenvalue weighted by Gasteiger charge is -2.09. The average molecular weight is 481 g/mol. The van der Waals surface area contributed by atoms with Gasteiger partial charge in [0, 0.05) is 55.0 Å². The summed E-state index contributed by atoms with van der Waals surface area (Å²) >= 11 is 6.48. The summed E-state index contributed by atoms with van der Waals surface area (Å²) in [6.07, 6.45) is 11.5. The van der Waals surface area contributed by atoms with E-state index in [-0.39, 0.29) is 0 Å². The summed E-state index contributed by atoms with van der Waals surface area (Å²) in [4.78, 5) is 8.86. The molecule has 0 aliphatic heterocycles. The molecule has 35 heavy (non-hydrogen) atoms. The molecule has 0 amide bonds. The van der Waals surface area contributed by atoms with Crippen molar-refractivity contribution in [2.45, 2.75) is 25.7 Å². The van der Waals surface area contributed by atoms with Crippen LogP contribution in [0.5, 0.6) is 0 Å². The number of nitrogens with zero attached hydrogens (tertiary/aromatic N) is 4. The first kappa shape index (κ1) is 23.1. The van der Waals surface area contributed by atoms with Gasteiger partial charge in [0.25, 0.3) is 0 Å². The molecule has 0 unspecified atom stereocenters. The highest BCUT2D eigenvalue weighted by Gasteiger charge is 2.06. The third-order valence-electron chi connectivity index (χ3n) is 6.49. The van der Waals surface area contributed by atoms with Crippen LogP contribution >= 0.6 is 11.6 Å². The number of aryl methyl sites for hydroxylation is 6. The van der Waals surface area contributed by atoms with E-state index < -0.39 is 0 Å². The summed E-state index contributed by atoms with van der Waals surface area (Å²) in [5.41, 5.74) is 7.48. The lowest BCUT2D eigenvalue weighted by molar-refractivity contribution is 0.920. The number of imidazole rings is 2. The van der Waals surface area contributed by atoms with Gasteiger partial charge in [-0.15, -0.1) is 0 Å². The smallest absolute Gasteiger partial charge is 0.139 e. The topological polar surface area (TPSA) is 35.6 Å². The lowest BCUT2D eigenvalue weighted by Crippen LogP contribution is -1.97. The molecule has 0 N–H and O–H groups in total. The molecule has 0 aliphatic carbocycles. The molecular formula is C30H29ClN4. The van der Waals surface area contributed by atoms with Gasteiger partial charge in [0.05, 0.1) is 0 Å². The van der Waals surface area contributed by atoms with Crippen LogP contribution in [-0.2, 0) is 39.8 Å². The second kappa shape index (κ2) is 10.3. The molecule has 0 bridgehead atoms. The van der Waals surface area contributed by atoms with E-state index in [1.165, 1.54) is 22.3 Å². The van der Waals surface area contributed by atoms with E-state index in [9.17, 15) is 0 Å². The van der Waals surface area contributed by atoms with Crippen molar-refractivity contribution in [3.05, 3.63) is 119 Å². The maximum atomic E-state index is 6.48. The van der Waals surface area contributed by atoms with Crippen molar-refractivity contribution in [3.63, 3.8) is 0 Å². The Morgan fingerprint density at radius 3 is 1.34 bits per heavy atom. The summed E-state index contributed by atoms with van der Waals surface area (Å²) in [5.74, 6) is 1.98. The Hall–Kier alpha value is -3.63. The van der Waals surface area contributed by atoms with Crippen molar-refractivity contribution in [2.24, 2.45) is 14.1 Å². The normalized spacial score (nSPS) is 11.2. The molecule has 0 fully saturated rings. The highest BCUT2D eigenvalue weighted by atomic mass is 35.5. The third kappa shape index (κ3) is 5.55. The van der Waals surface area contributed by atoms with Gasteiger partial charge in [-0.05, 0) is 60.1 Å². The van der Waals surface area contributed by atoms with Crippen molar-refractivity contribution in [2.75, 3.05) is 0 Å². The standard InChI is InChI=1S/C30H29ClN4/c1-34-17-15-32-29(34)26-11-7-22(8-12-26)3-5-24-19-25(21-28(31)20-24)6-4-23-9-13-27(14-10-23)30-33-16-18-35(30)2/h7-21H,3-6H2,1-2H3. The second-order valence-electron chi connectivity index (χ2n) is 9.09. The highest BCUT2D eigenvalue weighted by Crippen LogP contribution is 2.22. The van der Waals surface area contributed by atoms with Gasteiger partial charge >= 0.3 is 0 Å². The van der Waals surface area contributed by atoms with E-state index >= 15 is 0 Å². The molecule has 2 heterocycles. The van der Waals surface area contributed by atoms with Crippen molar-refractivity contribution in [1.29, 1.82) is 0 Å². The molecule has 176 valence electrons. The van der Waals surface area contributed by atoms with Gasteiger partial charge < -0.3 is 9.13 Å². The van der Waals surface area contributed by atoms with Gasteiger partial charge in [0.15, 0.2) is 0 Å². The van der Waals surface area contributed by atoms with Crippen LogP contribution in [0.15, 0.2) is 91.5 Å². The number of hydrogen-bond donors (Lipinski definition) is 0. The fourth-order valence-corrected chi connectivity index (χ4v) is 4.79. The zero-order valence-corrected chi connectivity index (χ0v) is 20.9. The number of aromatic nitrogens is 4. The van der Waals surface area contributed by atoms with E-state index in [0.717, 1.165) is 53.5 Å². The Balaban J connectivity index is 1.20. The minimum Gasteiger partial charge on any atom is -0.334 e. The number of rotatable bonds is 8. The van der Waals surface area contributed by atoms with Crippen molar-refractivity contribution < 1.29 is 0 Å². The van der Waals surface area contributed by atoms with Crippen LogP contribution in [0.25, 0.3) is 22.8 Å². The summed E-state index contributed by atoms with van der Waals surface area (Å²) < 4.78 is 4.08. The Morgan fingerprint density at radius 2 is 0.971 bits per heavy atom. The minimum atomic E-state index is 0.813. The highest BCUT2D eigenvalue weighted by molar-refractivity contribution is 6.30. The summed E-state index contributed by atoms with van der Waals surface area (Å²) in [6, 6.07) is 23.9. The van der Waals surface area contributed by atoms with Crippen LogP contribution in [0, 0.1) is 0 Å². The predicted molar refractivity (Wildman–Crippen MR) is 144 cm³/mol. The predicted octanol–water partition coefficient (Wildman–Crippen LogP) is 6.71. The maximum absolute atomic E-state index is 6.48. The molecule has 0 saturated carbocycles. The van der Waals surface area contributed by atoms with Crippen LogP contribution in [-0.4, -0.2) is 19.1 Å². The largest absolute Gasteiger partial charge is 0.334 e. The van der Waals surface area contributed by atoms with Crippen molar-refractivity contribution in [1.82, 2.24) is 19.1 Å². The first-order chi connectivity index (χ1) is 17.0. The van der Waals surface area contributed by atoms with E-state index in [4.69, 9.17) is 11.6 Å². The van der Waals surface area contributed by atoms with Gasteiger partial charge in [0.1, 0.15) is 11.6 Å². The summed E-state index contributed by atoms with van der Waals surface area (Å²) in [7, 11) is 4.04. The van der Waals surface area contributed by atoms with Crippen LogP contribution < -0.4 is 0 Å². The molecular weight excluding hydrogens is 452 g/mol. The molecule has 0 spiro atoms. The Bertz CT molecular complexity index is 1310. The number of benzene rings is 3. The van der Waals surface area contributed by atoms with Crippen molar-refractivity contribution >= 4 is 11.6 Å². The zero-order valence-electron chi connectivity index (χ0n) is 20.2. The second-order valence-corrected chi connectivity index (χ2v) is 9.52. The van der Waals surface area contributed by atoms with E-state index in [1.807, 2.05) is 48.0 Å². The molecule has 0 radical (unpaired) electrons. The Kier molecular flexibility index (Phi) is 6.82. The van der Waals surface area contributed by atoms with E-state index in [0.29, 0.717) is 0 Å². The molecule has 2 aromatic heterocycles. The average Bonchev–Trinajstić information content (AvgIpc) is 3.50. The van der Waals surface area contributed by atoms with E-state index in [2.05, 4.69) is 76.7 Å². The molecule has 0 aliphatic rings. The molecule has 5 rings (SSSR count). The molecule has 4 nitrogen and oxygen atoms in total. The van der Waals surface area contributed by atoms with Crippen LogP contribution in [0.1, 0.15) is 22.3 Å². The van der Waals surface area contributed by atoms with Gasteiger partial charge in [-0.1, -0.05) is 66.2 Å². The first-order valence-electron chi connectivity index (χ1n) is 12.0. The fourth-order valence-electron chi connectivity index (χ4n) is 4.51. The third-order valence-corrected chi connectivity index (χ3v) is 6.71. The zero-order chi connectivity index (χ0) is 24.2. The molecule has 5 heteroatoms. The minimum absolute atomic E-state index is 0.813. The number of halogens is 1. The first-order valence-corrected chi connectivity index (χ1v) is 12.3. The molecule has 5 aromatic rings. The Morgan fingerprint density at radius 1 is 0.571 bits per heavy atom. The van der Waals surface area contributed by atoms with Crippen LogP contribution in [0.3, 0.4) is 0 Å². The van der Waals surface area contributed by atoms with Gasteiger partial charge in [0.2, 0.25) is 0 Å². The maximum Gasteiger partial charge on any atom is 0.139 e. The monoisotopic (exact) mass is 480 g/mol. The quantitative estimate of drug-likeness (QED) is 0.247. The fraction of sp³-hybridized carbons (Fsp3) is 0.200. The lowest BCUT2D eigenvalue weighted by atomic mass is 9.98. The van der Waals surface area contributed by atoms with Crippen molar-refractivity contribution in [3.8, 4) is 22.8 Å². The van der Waals surface area contributed by atoms with Gasteiger partial charge in [-0.3, -0.25) is 0 Å². The molecule has 3 aromatic carbocycles. The van der Waals surface area contributed by atoms with Gasteiger partial charge in [-0.25, -0.2) is 9.97 Å². The summed E-state index contributed by atoms with van der Waals surface area (Å²) in [5, 5.41) is 0.813. The summed E-state index contributed by atoms with van der Waals surface area (Å²) in [6.45, 7) is 0. The SMILES string of the molecule is Cn1ccnc1-c1ccc(CCc2cc(Cl)cc(CCc3ccc(-c4nccn4C)cc3)c2)cc1. The Labute approximate surface area is 211 Å². The molecule has 0 atom stereocenters. The number of hydrogen-bond acceptors (Lipinski definition) is 2. The van der Waals surface area contributed by atoms with E-state index in [1.54, 1.807) is 0 Å². The van der Waals surface area contributed by atoms with Crippen LogP contribution in [0.4, 0.5) is 0 Å². The molecule has 0 saturated heterocycles. The van der Waals surface area contributed by atoms with Gasteiger partial charge in [-0.2, -0.15) is 0 Å².